The number of carbonyl (C=O) groups is 1. The lowest BCUT2D eigenvalue weighted by atomic mass is 9.78. The number of nitrogens with one attached hydrogen (secondary N) is 1. The minimum atomic E-state index is -1.02. The summed E-state index contributed by atoms with van der Waals surface area (Å²) in [6, 6.07) is 1.65. The Morgan fingerprint density at radius 3 is 2.89 bits per heavy atom. The van der Waals surface area contributed by atoms with Crippen LogP contribution in [0.25, 0.3) is 0 Å². The van der Waals surface area contributed by atoms with Crippen molar-refractivity contribution >= 4 is 11.7 Å². The van der Waals surface area contributed by atoms with Crippen molar-refractivity contribution in [2.24, 2.45) is 16.3 Å². The van der Waals surface area contributed by atoms with Crippen LogP contribution in [0, 0.1) is 5.41 Å². The predicted octanol–water partition coefficient (Wildman–Crippen LogP) is -0.166. The van der Waals surface area contributed by atoms with Gasteiger partial charge in [0.25, 0.3) is 0 Å². The molecular weight excluding hydrogens is 252 g/mol. The maximum absolute atomic E-state index is 12.3. The first-order valence-corrected chi connectivity index (χ1v) is 5.92. The lowest BCUT2D eigenvalue weighted by molar-refractivity contribution is -0.131. The molecule has 4 N–H and O–H groups in total. The fourth-order valence-electron chi connectivity index (χ4n) is 2.08. The molecule has 8 nitrogen and oxygen atoms in total. The molecule has 104 valence electrons. The molecule has 0 saturated carbocycles. The van der Waals surface area contributed by atoms with Crippen LogP contribution in [0.3, 0.4) is 0 Å². The van der Waals surface area contributed by atoms with E-state index >= 15 is 0 Å². The third-order valence-corrected chi connectivity index (χ3v) is 3.30. The van der Waals surface area contributed by atoms with Gasteiger partial charge in [0.15, 0.2) is 5.84 Å². The summed E-state index contributed by atoms with van der Waals surface area (Å²) in [6.45, 7) is 1.03. The quantitative estimate of drug-likeness (QED) is 0.301. The van der Waals surface area contributed by atoms with Crippen molar-refractivity contribution in [1.82, 2.24) is 10.5 Å². The first-order valence-electron chi connectivity index (χ1n) is 5.92. The van der Waals surface area contributed by atoms with Crippen LogP contribution in [0.1, 0.15) is 18.5 Å². The highest BCUT2D eigenvalue weighted by Crippen LogP contribution is 2.31. The van der Waals surface area contributed by atoms with Crippen molar-refractivity contribution in [3.8, 4) is 0 Å². The van der Waals surface area contributed by atoms with Crippen LogP contribution in [0.15, 0.2) is 22.0 Å². The average Bonchev–Trinajstić information content (AvgIpc) is 2.97. The Labute approximate surface area is 109 Å². The average molecular weight is 268 g/mol. The summed E-state index contributed by atoms with van der Waals surface area (Å²) < 4.78 is 9.90. The Hall–Kier alpha value is -2.09. The zero-order chi connectivity index (χ0) is 13.7. The Morgan fingerprint density at radius 1 is 1.58 bits per heavy atom. The van der Waals surface area contributed by atoms with Crippen molar-refractivity contribution in [2.45, 2.75) is 19.4 Å². The number of nitrogens with two attached hydrogens (primary N) is 1. The van der Waals surface area contributed by atoms with Gasteiger partial charge >= 0.3 is 0 Å². The van der Waals surface area contributed by atoms with E-state index in [4.69, 9.17) is 15.7 Å². The van der Waals surface area contributed by atoms with Crippen LogP contribution in [-0.4, -0.2) is 35.3 Å². The fourth-order valence-corrected chi connectivity index (χ4v) is 2.08. The summed E-state index contributed by atoms with van der Waals surface area (Å²) in [5.74, 6) is -0.387. The van der Waals surface area contributed by atoms with E-state index < -0.39 is 5.41 Å². The number of ether oxygens (including phenoxy) is 1. The molecule has 1 saturated heterocycles. The van der Waals surface area contributed by atoms with Crippen LogP contribution in [-0.2, 0) is 16.1 Å². The third kappa shape index (κ3) is 2.68. The van der Waals surface area contributed by atoms with E-state index in [9.17, 15) is 4.79 Å². The van der Waals surface area contributed by atoms with Crippen LogP contribution in [0.4, 0.5) is 0 Å². The monoisotopic (exact) mass is 268 g/mol. The topological polar surface area (TPSA) is 123 Å². The number of amidine groups is 1. The summed E-state index contributed by atoms with van der Waals surface area (Å²) in [7, 11) is 0. The maximum Gasteiger partial charge on any atom is 0.234 e. The minimum Gasteiger partial charge on any atom is -0.409 e. The first kappa shape index (κ1) is 13.3. The molecular formula is C11H16N4O4. The predicted molar refractivity (Wildman–Crippen MR) is 64.2 cm³/mol. The van der Waals surface area contributed by atoms with E-state index in [2.05, 4.69) is 20.2 Å². The SMILES string of the molecule is N/C(=N/O)C1(C(=O)NCc2ccon2)CCOCC1. The van der Waals surface area contributed by atoms with Gasteiger partial charge in [-0.1, -0.05) is 10.3 Å². The molecule has 0 aliphatic carbocycles. The second-order valence-electron chi connectivity index (χ2n) is 4.35. The summed E-state index contributed by atoms with van der Waals surface area (Å²) in [5, 5.41) is 18.3. The van der Waals surface area contributed by atoms with E-state index in [-0.39, 0.29) is 18.3 Å². The normalized spacial score (nSPS) is 19.1. The summed E-state index contributed by atoms with van der Waals surface area (Å²) >= 11 is 0. The number of rotatable bonds is 4. The van der Waals surface area contributed by atoms with Crippen molar-refractivity contribution in [3.05, 3.63) is 18.0 Å². The molecule has 1 aliphatic rings. The van der Waals surface area contributed by atoms with Gasteiger partial charge in [0.05, 0.1) is 6.54 Å². The smallest absolute Gasteiger partial charge is 0.234 e. The molecule has 8 heteroatoms. The lowest BCUT2D eigenvalue weighted by Gasteiger charge is -2.34. The summed E-state index contributed by atoms with van der Waals surface area (Å²) in [4.78, 5) is 12.3. The van der Waals surface area contributed by atoms with E-state index in [0.717, 1.165) is 0 Å². The maximum atomic E-state index is 12.3. The van der Waals surface area contributed by atoms with Gasteiger partial charge in [0.1, 0.15) is 17.4 Å². The zero-order valence-electron chi connectivity index (χ0n) is 10.3. The van der Waals surface area contributed by atoms with Gasteiger partial charge in [-0.25, -0.2) is 0 Å². The highest BCUT2D eigenvalue weighted by Gasteiger charge is 2.44. The van der Waals surface area contributed by atoms with Crippen LogP contribution in [0.2, 0.25) is 0 Å². The largest absolute Gasteiger partial charge is 0.409 e. The molecule has 0 radical (unpaired) electrons. The second-order valence-corrected chi connectivity index (χ2v) is 4.35. The molecule has 0 aromatic carbocycles. The molecule has 1 aromatic heterocycles. The number of hydrogen-bond donors (Lipinski definition) is 3. The highest BCUT2D eigenvalue weighted by molar-refractivity contribution is 6.06. The molecule has 0 atom stereocenters. The van der Waals surface area contributed by atoms with Crippen molar-refractivity contribution in [3.63, 3.8) is 0 Å². The van der Waals surface area contributed by atoms with Gasteiger partial charge in [-0.05, 0) is 12.8 Å². The van der Waals surface area contributed by atoms with Gasteiger partial charge in [0, 0.05) is 19.3 Å². The Balaban J connectivity index is 2.07. The van der Waals surface area contributed by atoms with Crippen LogP contribution >= 0.6 is 0 Å². The number of nitrogens with zero attached hydrogens (tertiary/aromatic N) is 2. The van der Waals surface area contributed by atoms with Crippen LogP contribution in [0.5, 0.6) is 0 Å². The van der Waals surface area contributed by atoms with E-state index in [1.807, 2.05) is 0 Å². The van der Waals surface area contributed by atoms with E-state index in [1.54, 1.807) is 6.07 Å². The van der Waals surface area contributed by atoms with E-state index in [0.29, 0.717) is 31.7 Å². The number of oxime groups is 1. The summed E-state index contributed by atoms with van der Waals surface area (Å²) in [6.07, 6.45) is 2.19. The highest BCUT2D eigenvalue weighted by atomic mass is 16.5. The zero-order valence-corrected chi connectivity index (χ0v) is 10.3. The van der Waals surface area contributed by atoms with Gasteiger partial charge in [-0.15, -0.1) is 0 Å². The molecule has 0 bridgehead atoms. The second kappa shape index (κ2) is 5.70. The Bertz CT molecular complexity index is 451. The Morgan fingerprint density at radius 2 is 2.32 bits per heavy atom. The fraction of sp³-hybridized carbons (Fsp3) is 0.545. The summed E-state index contributed by atoms with van der Waals surface area (Å²) in [5.41, 5.74) is 5.27. The third-order valence-electron chi connectivity index (χ3n) is 3.30. The molecule has 0 spiro atoms. The van der Waals surface area contributed by atoms with Gasteiger partial charge in [-0.2, -0.15) is 0 Å². The molecule has 2 heterocycles. The number of hydrogen-bond acceptors (Lipinski definition) is 6. The molecule has 1 aliphatic heterocycles. The lowest BCUT2D eigenvalue weighted by Crippen LogP contribution is -2.52. The van der Waals surface area contributed by atoms with E-state index in [1.165, 1.54) is 6.26 Å². The van der Waals surface area contributed by atoms with Crippen molar-refractivity contribution in [1.29, 1.82) is 0 Å². The van der Waals surface area contributed by atoms with Crippen molar-refractivity contribution in [2.75, 3.05) is 13.2 Å². The minimum absolute atomic E-state index is 0.0894. The molecule has 1 aromatic rings. The number of aromatic nitrogens is 1. The van der Waals surface area contributed by atoms with Crippen LogP contribution < -0.4 is 11.1 Å². The van der Waals surface area contributed by atoms with Gasteiger partial charge < -0.3 is 25.5 Å². The Kier molecular flexibility index (Phi) is 4.00. The molecule has 19 heavy (non-hydrogen) atoms. The van der Waals surface area contributed by atoms with Gasteiger partial charge in [-0.3, -0.25) is 4.79 Å². The standard InChI is InChI=1S/C11H16N4O4/c12-9(14-17)11(2-5-18-6-3-11)10(16)13-7-8-1-4-19-15-8/h1,4,17H,2-3,5-7H2,(H2,12,14)(H,13,16). The molecule has 1 amide bonds. The van der Waals surface area contributed by atoms with Crippen molar-refractivity contribution < 1.29 is 19.3 Å². The first-order chi connectivity index (χ1) is 9.19. The molecule has 2 rings (SSSR count). The number of carbonyl (C=O) groups excluding carboxylic acids is 1. The van der Waals surface area contributed by atoms with Gasteiger partial charge in [0.2, 0.25) is 5.91 Å². The molecule has 0 unspecified atom stereocenters. The molecule has 1 fully saturated rings. The number of amides is 1.